The number of aliphatic hydroxyl groups excluding tert-OH is 1. The van der Waals surface area contributed by atoms with E-state index < -0.39 is 60.5 Å². The highest BCUT2D eigenvalue weighted by Gasteiger charge is 2.34. The van der Waals surface area contributed by atoms with Gasteiger partial charge in [0, 0.05) is 18.6 Å². The van der Waals surface area contributed by atoms with E-state index in [0.29, 0.717) is 0 Å². The molecule has 13 heteroatoms. The van der Waals surface area contributed by atoms with Crippen molar-refractivity contribution >= 4 is 42.4 Å². The lowest BCUT2D eigenvalue weighted by Crippen LogP contribution is -2.56. The number of hydrogen-bond donors (Lipinski definition) is 7. The van der Waals surface area contributed by atoms with Crippen molar-refractivity contribution < 1.29 is 44.4 Å². The van der Waals surface area contributed by atoms with Crippen molar-refractivity contribution in [3.05, 3.63) is 48.6 Å². The molecule has 0 saturated carbocycles. The summed E-state index contributed by atoms with van der Waals surface area (Å²) in [5.41, 5.74) is 5.42. The molecule has 242 valence electrons. The van der Waals surface area contributed by atoms with E-state index in [1.54, 1.807) is 18.2 Å². The van der Waals surface area contributed by atoms with Crippen LogP contribution in [0, 0.1) is 0 Å². The topological polar surface area (TPSA) is 208 Å². The first kappa shape index (κ1) is 39.6. The van der Waals surface area contributed by atoms with Crippen molar-refractivity contribution in [1.82, 2.24) is 10.2 Å². The van der Waals surface area contributed by atoms with Gasteiger partial charge in [-0.3, -0.25) is 24.0 Å². The molecule has 12 nitrogen and oxygen atoms in total. The number of nitrogens with zero attached hydrogens (tertiary/aromatic N) is 1. The average Bonchev–Trinajstić information content (AvgIpc) is 2.95. The molecule has 0 saturated heterocycles. The van der Waals surface area contributed by atoms with Crippen LogP contribution in [0.1, 0.15) is 71.1 Å². The Morgan fingerprint density at radius 3 is 2.19 bits per heavy atom. The zero-order valence-corrected chi connectivity index (χ0v) is 25.6. The van der Waals surface area contributed by atoms with Gasteiger partial charge in [-0.15, -0.1) is 0 Å². The Labute approximate surface area is 258 Å². The summed E-state index contributed by atoms with van der Waals surface area (Å²) in [5, 5.41) is 40.7. The average molecular weight is 626 g/mol. The number of carbonyl (C=O) groups excluding carboxylic acids is 2. The van der Waals surface area contributed by atoms with Crippen LogP contribution in [0.4, 0.5) is 0 Å². The molecule has 0 radical (unpaired) electrons. The van der Waals surface area contributed by atoms with Crippen molar-refractivity contribution in [3.63, 3.8) is 0 Å². The van der Waals surface area contributed by atoms with E-state index in [-0.39, 0.29) is 37.9 Å². The first-order valence-electron chi connectivity index (χ1n) is 14.4. The summed E-state index contributed by atoms with van der Waals surface area (Å²) in [6, 6.07) is -3.73. The van der Waals surface area contributed by atoms with Crippen LogP contribution in [-0.2, 0) is 24.0 Å². The lowest BCUT2D eigenvalue weighted by atomic mass is 10.0. The largest absolute Gasteiger partial charge is 0.481 e. The molecule has 0 aliphatic carbocycles. The van der Waals surface area contributed by atoms with Gasteiger partial charge in [-0.05, 0) is 38.5 Å². The molecule has 7 N–H and O–H groups in total. The predicted molar refractivity (Wildman–Crippen MR) is 167 cm³/mol. The second-order valence-corrected chi connectivity index (χ2v) is 10.3. The number of aliphatic carboxylic acids is 3. The van der Waals surface area contributed by atoms with E-state index in [9.17, 15) is 34.2 Å². The van der Waals surface area contributed by atoms with E-state index in [4.69, 9.17) is 15.9 Å². The van der Waals surface area contributed by atoms with E-state index in [0.717, 1.165) is 24.2 Å². The molecule has 0 aromatic carbocycles. The van der Waals surface area contributed by atoms with Crippen LogP contribution in [0.25, 0.3) is 0 Å². The minimum absolute atomic E-state index is 0.0378. The summed E-state index contributed by atoms with van der Waals surface area (Å²) < 4.78 is 0. The number of allylic oxidation sites excluding steroid dienone is 7. The molecule has 0 aliphatic rings. The van der Waals surface area contributed by atoms with E-state index in [2.05, 4.69) is 37.0 Å². The summed E-state index contributed by atoms with van der Waals surface area (Å²) in [6.07, 6.45) is 17.7. The van der Waals surface area contributed by atoms with Gasteiger partial charge in [0.25, 0.3) is 0 Å². The number of hydrogen-bond acceptors (Lipinski definition) is 8. The summed E-state index contributed by atoms with van der Waals surface area (Å²) in [4.78, 5) is 60.3. The zero-order valence-electron chi connectivity index (χ0n) is 24.7. The maximum Gasteiger partial charge on any atom is 0.323 e. The first-order valence-corrected chi connectivity index (χ1v) is 15.0. The van der Waals surface area contributed by atoms with Crippen molar-refractivity contribution in [3.8, 4) is 0 Å². The molecule has 0 aromatic rings. The van der Waals surface area contributed by atoms with E-state index in [1.807, 2.05) is 12.2 Å². The number of thiol groups is 1. The number of aliphatic hydroxyl groups is 1. The molecule has 2 unspecified atom stereocenters. The third-order valence-corrected chi connectivity index (χ3v) is 6.60. The number of carboxylic acid groups (broad SMARTS) is 3. The van der Waals surface area contributed by atoms with Crippen LogP contribution >= 0.6 is 12.6 Å². The first-order chi connectivity index (χ1) is 20.4. The molecule has 0 bridgehead atoms. The minimum Gasteiger partial charge on any atom is -0.481 e. The number of rotatable bonds is 24. The van der Waals surface area contributed by atoms with Gasteiger partial charge in [0.1, 0.15) is 18.6 Å². The molecule has 0 fully saturated rings. The smallest absolute Gasteiger partial charge is 0.323 e. The third kappa shape index (κ3) is 19.4. The Morgan fingerprint density at radius 1 is 0.884 bits per heavy atom. The molecule has 0 spiro atoms. The van der Waals surface area contributed by atoms with Crippen LogP contribution < -0.4 is 11.1 Å². The standard InChI is InChI=1S/C30H47N3O9S/c1-2-3-4-5-6-7-8-9-10-11-12-13-15-24(25(34)16-14-17-27(36)37)33(20-28(38)39)29(40)23(21-43)32-26(35)19-18-22(31)30(41)42/h6-7,9-13,15,22-25,34,43H,2-5,8,14,16-21,31H2,1H3,(H,32,35)(H,36,37)(H,38,39)(H,41,42)/b7-6-,10-9?,12-11?,15-13+/t22?,23?,24-,25-/m0/s1. The maximum atomic E-state index is 13.4. The van der Waals surface area contributed by atoms with Crippen molar-refractivity contribution in [2.75, 3.05) is 12.3 Å². The molecular weight excluding hydrogens is 578 g/mol. The number of unbranched alkanes of at least 4 members (excludes halogenated alkanes) is 3. The third-order valence-electron chi connectivity index (χ3n) is 6.24. The number of carboxylic acids is 3. The SMILES string of the molecule is CCCCC/C=C\CC=CC=C/C=C/[C@@H]([C@@H](O)CCCC(=O)O)N(CC(=O)O)C(=O)C(CS)NC(=O)CCC(N)C(=O)O. The highest BCUT2D eigenvalue weighted by Crippen LogP contribution is 2.16. The highest BCUT2D eigenvalue weighted by molar-refractivity contribution is 7.80. The van der Waals surface area contributed by atoms with Gasteiger partial charge >= 0.3 is 17.9 Å². The summed E-state index contributed by atoms with van der Waals surface area (Å²) >= 11 is 4.11. The molecule has 2 amide bonds. The van der Waals surface area contributed by atoms with Crippen molar-refractivity contribution in [2.45, 2.75) is 95.4 Å². The van der Waals surface area contributed by atoms with Gasteiger partial charge in [-0.1, -0.05) is 68.4 Å². The van der Waals surface area contributed by atoms with Crippen LogP contribution in [0.2, 0.25) is 0 Å². The monoisotopic (exact) mass is 625 g/mol. The van der Waals surface area contributed by atoms with Crippen molar-refractivity contribution in [2.24, 2.45) is 5.73 Å². The molecule has 43 heavy (non-hydrogen) atoms. The van der Waals surface area contributed by atoms with Gasteiger partial charge in [0.15, 0.2) is 0 Å². The Morgan fingerprint density at radius 2 is 1.58 bits per heavy atom. The quantitative estimate of drug-likeness (QED) is 0.0361. The van der Waals surface area contributed by atoms with E-state index >= 15 is 0 Å². The predicted octanol–water partition coefficient (Wildman–Crippen LogP) is 2.69. The maximum absolute atomic E-state index is 13.4. The normalized spacial score (nSPS) is 14.7. The second-order valence-electron chi connectivity index (χ2n) is 9.89. The molecule has 0 heterocycles. The number of nitrogens with two attached hydrogens (primary N) is 1. The fourth-order valence-electron chi connectivity index (χ4n) is 3.88. The van der Waals surface area contributed by atoms with E-state index in [1.165, 1.54) is 18.9 Å². The summed E-state index contributed by atoms with van der Waals surface area (Å²) in [6.45, 7) is 1.34. The van der Waals surface area contributed by atoms with Gasteiger partial charge < -0.3 is 36.4 Å². The lowest BCUT2D eigenvalue weighted by Gasteiger charge is -2.34. The van der Waals surface area contributed by atoms with Crippen LogP contribution in [-0.4, -0.2) is 91.6 Å². The molecule has 4 atom stereocenters. The number of carbonyl (C=O) groups is 5. The van der Waals surface area contributed by atoms with Crippen LogP contribution in [0.3, 0.4) is 0 Å². The summed E-state index contributed by atoms with van der Waals surface area (Å²) in [5.74, 6) is -5.46. The van der Waals surface area contributed by atoms with Gasteiger partial charge in [-0.2, -0.15) is 12.6 Å². The highest BCUT2D eigenvalue weighted by atomic mass is 32.1. The Kier molecular flexibility index (Phi) is 22.2. The fraction of sp³-hybridized carbons (Fsp3) is 0.567. The Balaban J connectivity index is 5.74. The number of nitrogens with one attached hydrogen (secondary N) is 1. The van der Waals surface area contributed by atoms with Crippen LogP contribution in [0.5, 0.6) is 0 Å². The molecule has 0 rings (SSSR count). The van der Waals surface area contributed by atoms with Crippen LogP contribution in [0.15, 0.2) is 48.6 Å². The number of amides is 2. The Bertz CT molecular complexity index is 997. The molecule has 0 aliphatic heterocycles. The zero-order chi connectivity index (χ0) is 32.6. The minimum atomic E-state index is -1.37. The molecule has 0 aromatic heterocycles. The Hall–Kier alpha value is -3.42. The van der Waals surface area contributed by atoms with Gasteiger partial charge in [-0.25, -0.2) is 0 Å². The van der Waals surface area contributed by atoms with Gasteiger partial charge in [0.05, 0.1) is 12.1 Å². The van der Waals surface area contributed by atoms with Gasteiger partial charge in [0.2, 0.25) is 11.8 Å². The van der Waals surface area contributed by atoms with Crippen molar-refractivity contribution in [1.29, 1.82) is 0 Å². The fourth-order valence-corrected chi connectivity index (χ4v) is 4.13. The summed E-state index contributed by atoms with van der Waals surface area (Å²) in [7, 11) is 0. The second kappa shape index (κ2) is 24.1. The lowest BCUT2D eigenvalue weighted by molar-refractivity contribution is -0.148. The molecular formula is C30H47N3O9S.